The highest BCUT2D eigenvalue weighted by Crippen LogP contribution is 2.23. The van der Waals surface area contributed by atoms with Crippen molar-refractivity contribution in [2.75, 3.05) is 6.54 Å². The molecule has 2 atom stereocenters. The van der Waals surface area contributed by atoms with E-state index in [1.807, 2.05) is 18.3 Å². The summed E-state index contributed by atoms with van der Waals surface area (Å²) >= 11 is 0. The molecule has 0 spiro atoms. The van der Waals surface area contributed by atoms with Gasteiger partial charge in [-0.05, 0) is 38.4 Å². The van der Waals surface area contributed by atoms with Gasteiger partial charge in [-0.15, -0.1) is 0 Å². The van der Waals surface area contributed by atoms with E-state index in [0.717, 1.165) is 25.2 Å². The first kappa shape index (κ1) is 10.7. The average Bonchev–Trinajstić information content (AvgIpc) is 2.77. The molecule has 84 valence electrons. The van der Waals surface area contributed by atoms with Gasteiger partial charge in [-0.3, -0.25) is 0 Å². The minimum absolute atomic E-state index is 0.235. The molecule has 0 aliphatic carbocycles. The number of rotatable bonds is 3. The van der Waals surface area contributed by atoms with Crippen molar-refractivity contribution in [2.45, 2.75) is 44.9 Å². The van der Waals surface area contributed by atoms with Gasteiger partial charge in [0.15, 0.2) is 0 Å². The first-order chi connectivity index (χ1) is 7.33. The molecular formula is C12H20N2O. The van der Waals surface area contributed by atoms with Crippen LogP contribution in [-0.4, -0.2) is 22.3 Å². The fourth-order valence-corrected chi connectivity index (χ4v) is 2.34. The van der Waals surface area contributed by atoms with Gasteiger partial charge in [0, 0.05) is 24.5 Å². The summed E-state index contributed by atoms with van der Waals surface area (Å²) in [6, 6.07) is 4.26. The Hall–Kier alpha value is -0.800. The maximum absolute atomic E-state index is 10.3. The molecule has 1 aliphatic rings. The topological polar surface area (TPSA) is 37.2 Å². The smallest absolute Gasteiger partial charge is 0.109 e. The van der Waals surface area contributed by atoms with Gasteiger partial charge >= 0.3 is 0 Å². The van der Waals surface area contributed by atoms with Gasteiger partial charge in [0.1, 0.15) is 6.10 Å². The number of aromatic nitrogens is 1. The van der Waals surface area contributed by atoms with Crippen LogP contribution in [0.15, 0.2) is 18.3 Å². The van der Waals surface area contributed by atoms with E-state index in [4.69, 9.17) is 0 Å². The molecule has 2 rings (SSSR count). The fraction of sp³-hybridized carbons (Fsp3) is 0.667. The number of aliphatic hydroxyl groups excluding tert-OH is 1. The Balaban J connectivity index is 2.08. The number of aliphatic hydroxyl groups is 1. The molecule has 1 aliphatic heterocycles. The molecule has 1 fully saturated rings. The number of piperidine rings is 1. The third-order valence-electron chi connectivity index (χ3n) is 3.24. The summed E-state index contributed by atoms with van der Waals surface area (Å²) in [5.74, 6) is 0. The Morgan fingerprint density at radius 1 is 1.60 bits per heavy atom. The SMILES string of the molecule is CCn1cccc1C(O)C1CCCCN1. The van der Waals surface area contributed by atoms with Crippen molar-refractivity contribution in [1.82, 2.24) is 9.88 Å². The molecule has 0 aromatic carbocycles. The molecule has 2 N–H and O–H groups in total. The van der Waals surface area contributed by atoms with E-state index < -0.39 is 0 Å². The van der Waals surface area contributed by atoms with E-state index in [2.05, 4.69) is 16.8 Å². The van der Waals surface area contributed by atoms with Crippen LogP contribution < -0.4 is 5.32 Å². The molecule has 3 nitrogen and oxygen atoms in total. The maximum atomic E-state index is 10.3. The highest BCUT2D eigenvalue weighted by Gasteiger charge is 2.24. The van der Waals surface area contributed by atoms with Crippen molar-refractivity contribution in [1.29, 1.82) is 0 Å². The van der Waals surface area contributed by atoms with Crippen LogP contribution in [0.1, 0.15) is 38.0 Å². The molecule has 2 unspecified atom stereocenters. The van der Waals surface area contributed by atoms with E-state index >= 15 is 0 Å². The lowest BCUT2D eigenvalue weighted by atomic mass is 9.98. The summed E-state index contributed by atoms with van der Waals surface area (Å²) in [7, 11) is 0. The van der Waals surface area contributed by atoms with Crippen LogP contribution in [0.2, 0.25) is 0 Å². The zero-order valence-electron chi connectivity index (χ0n) is 9.32. The molecule has 0 radical (unpaired) electrons. The van der Waals surface area contributed by atoms with Crippen molar-refractivity contribution in [3.63, 3.8) is 0 Å². The summed E-state index contributed by atoms with van der Waals surface area (Å²) in [4.78, 5) is 0. The second kappa shape index (κ2) is 4.81. The minimum Gasteiger partial charge on any atom is -0.385 e. The van der Waals surface area contributed by atoms with Crippen molar-refractivity contribution in [3.8, 4) is 0 Å². The minimum atomic E-state index is -0.361. The van der Waals surface area contributed by atoms with Gasteiger partial charge in [0.2, 0.25) is 0 Å². The number of hydrogen-bond donors (Lipinski definition) is 2. The van der Waals surface area contributed by atoms with E-state index in [1.54, 1.807) is 0 Å². The predicted molar refractivity (Wildman–Crippen MR) is 60.7 cm³/mol. The Bertz CT molecular complexity index is 302. The van der Waals surface area contributed by atoms with Crippen LogP contribution in [-0.2, 0) is 6.54 Å². The van der Waals surface area contributed by atoms with Crippen LogP contribution >= 0.6 is 0 Å². The molecular weight excluding hydrogens is 188 g/mol. The normalized spacial score (nSPS) is 24.0. The summed E-state index contributed by atoms with van der Waals surface area (Å²) in [5.41, 5.74) is 1.04. The number of hydrogen-bond acceptors (Lipinski definition) is 2. The zero-order valence-corrected chi connectivity index (χ0v) is 9.32. The third kappa shape index (κ3) is 2.24. The van der Waals surface area contributed by atoms with Crippen molar-refractivity contribution < 1.29 is 5.11 Å². The third-order valence-corrected chi connectivity index (χ3v) is 3.24. The van der Waals surface area contributed by atoms with Gasteiger partial charge in [-0.25, -0.2) is 0 Å². The largest absolute Gasteiger partial charge is 0.385 e. The highest BCUT2D eigenvalue weighted by molar-refractivity contribution is 5.12. The Kier molecular flexibility index (Phi) is 3.44. The van der Waals surface area contributed by atoms with E-state index in [0.29, 0.717) is 0 Å². The first-order valence-electron chi connectivity index (χ1n) is 5.89. The number of aryl methyl sites for hydroxylation is 1. The lowest BCUT2D eigenvalue weighted by Crippen LogP contribution is -2.39. The molecule has 15 heavy (non-hydrogen) atoms. The summed E-state index contributed by atoms with van der Waals surface area (Å²) in [6.07, 6.45) is 5.21. The van der Waals surface area contributed by atoms with Crippen LogP contribution in [0.3, 0.4) is 0 Å². The van der Waals surface area contributed by atoms with Gasteiger partial charge in [0.25, 0.3) is 0 Å². The summed E-state index contributed by atoms with van der Waals surface area (Å²) in [6.45, 7) is 4.06. The van der Waals surface area contributed by atoms with Crippen molar-refractivity contribution >= 4 is 0 Å². The first-order valence-corrected chi connectivity index (χ1v) is 5.89. The van der Waals surface area contributed by atoms with Crippen LogP contribution in [0.5, 0.6) is 0 Å². The Labute approximate surface area is 91.1 Å². The van der Waals surface area contributed by atoms with Crippen molar-refractivity contribution in [2.24, 2.45) is 0 Å². The van der Waals surface area contributed by atoms with E-state index in [1.165, 1.54) is 12.8 Å². The van der Waals surface area contributed by atoms with Gasteiger partial charge in [-0.1, -0.05) is 6.42 Å². The number of nitrogens with one attached hydrogen (secondary N) is 1. The van der Waals surface area contributed by atoms with Crippen molar-refractivity contribution in [3.05, 3.63) is 24.0 Å². The molecule has 2 heterocycles. The Morgan fingerprint density at radius 3 is 3.13 bits per heavy atom. The predicted octanol–water partition coefficient (Wildman–Crippen LogP) is 1.68. The molecule has 3 heteroatoms. The second-order valence-electron chi connectivity index (χ2n) is 4.22. The standard InChI is InChI=1S/C12H20N2O/c1-2-14-9-5-7-11(14)12(15)10-6-3-4-8-13-10/h5,7,9-10,12-13,15H,2-4,6,8H2,1H3. The molecule has 1 saturated heterocycles. The van der Waals surface area contributed by atoms with Crippen LogP contribution in [0.4, 0.5) is 0 Å². The van der Waals surface area contributed by atoms with Crippen LogP contribution in [0.25, 0.3) is 0 Å². The highest BCUT2D eigenvalue weighted by atomic mass is 16.3. The molecule has 0 bridgehead atoms. The lowest BCUT2D eigenvalue weighted by Gasteiger charge is -2.28. The Morgan fingerprint density at radius 2 is 2.47 bits per heavy atom. The van der Waals surface area contributed by atoms with Gasteiger partial charge in [0.05, 0.1) is 0 Å². The summed E-state index contributed by atoms with van der Waals surface area (Å²) < 4.78 is 2.11. The maximum Gasteiger partial charge on any atom is 0.109 e. The summed E-state index contributed by atoms with van der Waals surface area (Å²) in [5, 5.41) is 13.7. The quantitative estimate of drug-likeness (QED) is 0.793. The zero-order chi connectivity index (χ0) is 10.7. The average molecular weight is 208 g/mol. The fourth-order valence-electron chi connectivity index (χ4n) is 2.34. The van der Waals surface area contributed by atoms with Crippen LogP contribution in [0, 0.1) is 0 Å². The monoisotopic (exact) mass is 208 g/mol. The van der Waals surface area contributed by atoms with E-state index in [9.17, 15) is 5.11 Å². The number of nitrogens with zero attached hydrogens (tertiary/aromatic N) is 1. The van der Waals surface area contributed by atoms with Gasteiger partial charge < -0.3 is 15.0 Å². The molecule has 0 amide bonds. The van der Waals surface area contributed by atoms with E-state index in [-0.39, 0.29) is 12.1 Å². The second-order valence-corrected chi connectivity index (χ2v) is 4.22. The molecule has 0 saturated carbocycles. The van der Waals surface area contributed by atoms with Gasteiger partial charge in [-0.2, -0.15) is 0 Å². The molecule has 1 aromatic rings. The molecule has 1 aromatic heterocycles. The lowest BCUT2D eigenvalue weighted by molar-refractivity contribution is 0.106.